The van der Waals surface area contributed by atoms with E-state index in [0.29, 0.717) is 18.7 Å². The van der Waals surface area contributed by atoms with Gasteiger partial charge < -0.3 is 19.6 Å². The average molecular weight is 295 g/mol. The summed E-state index contributed by atoms with van der Waals surface area (Å²) in [7, 11) is -9.48. The highest BCUT2D eigenvalue weighted by Crippen LogP contribution is 2.61. The first-order valence-electron chi connectivity index (χ1n) is 4.86. The van der Waals surface area contributed by atoms with Crippen LogP contribution >= 0.6 is 26.8 Å². The molecule has 0 saturated carbocycles. The summed E-state index contributed by atoms with van der Waals surface area (Å²) >= 11 is 5.44. The van der Waals surface area contributed by atoms with Crippen LogP contribution in [0.5, 0.6) is 0 Å². The third-order valence-corrected chi connectivity index (χ3v) is 6.26. The van der Waals surface area contributed by atoms with E-state index in [1.807, 2.05) is 0 Å². The Hall–Kier alpha value is 0.590. The minimum atomic E-state index is -4.74. The highest BCUT2D eigenvalue weighted by atomic mass is 35.5. The van der Waals surface area contributed by atoms with E-state index in [0.717, 1.165) is 12.8 Å². The van der Waals surface area contributed by atoms with E-state index in [1.54, 1.807) is 0 Å². The van der Waals surface area contributed by atoms with Crippen LogP contribution in [0.3, 0.4) is 0 Å². The van der Waals surface area contributed by atoms with Gasteiger partial charge in [0.2, 0.25) is 0 Å². The Morgan fingerprint density at radius 3 is 1.69 bits per heavy atom. The van der Waals surface area contributed by atoms with Gasteiger partial charge in [0, 0.05) is 5.88 Å². The Bertz CT molecular complexity index is 263. The number of hydrogen-bond acceptors (Lipinski definition) is 2. The summed E-state index contributed by atoms with van der Waals surface area (Å²) in [6.45, 7) is 0. The smallest absolute Gasteiger partial charge is 0.324 e. The van der Waals surface area contributed by atoms with Crippen molar-refractivity contribution >= 4 is 26.8 Å². The molecule has 0 aromatic rings. The molecule has 0 spiro atoms. The third-order valence-electron chi connectivity index (χ3n) is 2.12. The molecular formula is C7H17ClO6P2. The Morgan fingerprint density at radius 1 is 0.875 bits per heavy atom. The van der Waals surface area contributed by atoms with Crippen LogP contribution in [0.4, 0.5) is 0 Å². The molecule has 0 fully saturated rings. The van der Waals surface area contributed by atoms with Gasteiger partial charge in [-0.2, -0.15) is 0 Å². The van der Waals surface area contributed by atoms with Crippen molar-refractivity contribution in [3.05, 3.63) is 0 Å². The molecule has 0 aliphatic carbocycles. The maximum atomic E-state index is 10.9. The predicted octanol–water partition coefficient (Wildman–Crippen LogP) is 1.86. The first-order chi connectivity index (χ1) is 7.19. The lowest BCUT2D eigenvalue weighted by Gasteiger charge is -2.19. The van der Waals surface area contributed by atoms with Crippen LogP contribution in [0.15, 0.2) is 0 Å². The minimum Gasteiger partial charge on any atom is -0.324 e. The topological polar surface area (TPSA) is 115 Å². The number of halogens is 1. The second kappa shape index (κ2) is 7.12. The van der Waals surface area contributed by atoms with Gasteiger partial charge in [-0.3, -0.25) is 9.13 Å². The van der Waals surface area contributed by atoms with Crippen LogP contribution in [-0.2, 0) is 9.13 Å². The normalized spacial score (nSPS) is 13.4. The van der Waals surface area contributed by atoms with Crippen LogP contribution < -0.4 is 0 Å². The van der Waals surface area contributed by atoms with E-state index in [1.165, 1.54) is 0 Å². The highest BCUT2D eigenvalue weighted by Gasteiger charge is 2.42. The van der Waals surface area contributed by atoms with Gasteiger partial charge in [0.15, 0.2) is 5.40 Å². The number of alkyl halides is 1. The lowest BCUT2D eigenvalue weighted by Crippen LogP contribution is -2.09. The summed E-state index contributed by atoms with van der Waals surface area (Å²) in [6, 6.07) is 0. The van der Waals surface area contributed by atoms with Gasteiger partial charge in [0.1, 0.15) is 0 Å². The van der Waals surface area contributed by atoms with Crippen molar-refractivity contribution in [1.82, 2.24) is 0 Å². The Kier molecular flexibility index (Phi) is 7.38. The number of hydrogen-bond donors (Lipinski definition) is 4. The van der Waals surface area contributed by atoms with E-state index in [2.05, 4.69) is 0 Å². The fourth-order valence-electron chi connectivity index (χ4n) is 1.31. The zero-order chi connectivity index (χ0) is 12.8. The van der Waals surface area contributed by atoms with Crippen molar-refractivity contribution in [3.8, 4) is 0 Å². The molecular weight excluding hydrogens is 277 g/mol. The Labute approximate surface area is 99.3 Å². The fraction of sp³-hybridized carbons (Fsp3) is 1.00. The molecule has 0 bridgehead atoms. The molecule has 0 aliphatic rings. The number of rotatable bonds is 8. The van der Waals surface area contributed by atoms with Gasteiger partial charge in [-0.25, -0.2) is 0 Å². The van der Waals surface area contributed by atoms with Crippen LogP contribution in [-0.4, -0.2) is 30.9 Å². The van der Waals surface area contributed by atoms with Crippen molar-refractivity contribution in [2.75, 3.05) is 5.88 Å². The fourth-order valence-corrected chi connectivity index (χ4v) is 4.10. The largest absolute Gasteiger partial charge is 0.340 e. The third kappa shape index (κ3) is 7.02. The first-order valence-corrected chi connectivity index (χ1v) is 8.75. The molecule has 0 rings (SSSR count). The highest BCUT2D eigenvalue weighted by molar-refractivity contribution is 7.70. The first kappa shape index (κ1) is 16.6. The molecule has 16 heavy (non-hydrogen) atoms. The SMILES string of the molecule is O=P(O)(O)C(CCCCCCCl)P(=O)(O)O. The average Bonchev–Trinajstić information content (AvgIpc) is 2.06. The molecule has 0 heterocycles. The van der Waals surface area contributed by atoms with Gasteiger partial charge in [-0.05, 0) is 12.8 Å². The van der Waals surface area contributed by atoms with Gasteiger partial charge >= 0.3 is 15.2 Å². The van der Waals surface area contributed by atoms with E-state index in [4.69, 9.17) is 31.2 Å². The van der Waals surface area contributed by atoms with Gasteiger partial charge in [-0.1, -0.05) is 19.3 Å². The molecule has 6 nitrogen and oxygen atoms in total. The minimum absolute atomic E-state index is 0.170. The molecule has 0 unspecified atom stereocenters. The van der Waals surface area contributed by atoms with Crippen LogP contribution in [0.25, 0.3) is 0 Å². The molecule has 0 aromatic heterocycles. The molecule has 4 N–H and O–H groups in total. The zero-order valence-corrected chi connectivity index (χ0v) is 11.2. The van der Waals surface area contributed by atoms with Gasteiger partial charge in [0.05, 0.1) is 0 Å². The van der Waals surface area contributed by atoms with Crippen molar-refractivity contribution < 1.29 is 28.7 Å². The van der Waals surface area contributed by atoms with E-state index in [9.17, 15) is 9.13 Å². The summed E-state index contributed by atoms with van der Waals surface area (Å²) in [4.78, 5) is 35.3. The molecule has 0 radical (unpaired) electrons. The van der Waals surface area contributed by atoms with Crippen molar-refractivity contribution in [3.63, 3.8) is 0 Å². The second-order valence-electron chi connectivity index (χ2n) is 3.55. The van der Waals surface area contributed by atoms with E-state index >= 15 is 0 Å². The maximum absolute atomic E-state index is 10.9. The molecule has 0 aromatic carbocycles. The van der Waals surface area contributed by atoms with E-state index < -0.39 is 20.6 Å². The summed E-state index contributed by atoms with van der Waals surface area (Å²) in [5.74, 6) is 0.514. The van der Waals surface area contributed by atoms with Gasteiger partial charge in [-0.15, -0.1) is 11.6 Å². The zero-order valence-electron chi connectivity index (χ0n) is 8.70. The Balaban J connectivity index is 4.17. The monoisotopic (exact) mass is 294 g/mol. The second-order valence-corrected chi connectivity index (χ2v) is 7.94. The molecule has 0 atom stereocenters. The molecule has 98 valence electrons. The maximum Gasteiger partial charge on any atom is 0.340 e. The van der Waals surface area contributed by atoms with Crippen molar-refractivity contribution in [1.29, 1.82) is 0 Å². The number of unbranched alkanes of at least 4 members (excludes halogenated alkanes) is 3. The molecule has 0 amide bonds. The summed E-state index contributed by atoms with van der Waals surface area (Å²) in [5.41, 5.74) is 0. The lowest BCUT2D eigenvalue weighted by atomic mass is 10.2. The summed E-state index contributed by atoms with van der Waals surface area (Å²) in [5, 5.41) is -1.86. The molecule has 9 heteroatoms. The summed E-state index contributed by atoms with van der Waals surface area (Å²) in [6.07, 6.45) is 2.44. The van der Waals surface area contributed by atoms with Crippen molar-refractivity contribution in [2.45, 2.75) is 37.5 Å². The molecule has 0 saturated heterocycles. The van der Waals surface area contributed by atoms with Crippen LogP contribution in [0.2, 0.25) is 0 Å². The van der Waals surface area contributed by atoms with Crippen LogP contribution in [0.1, 0.15) is 32.1 Å². The lowest BCUT2D eigenvalue weighted by molar-refractivity contribution is 0.333. The standard InChI is InChI=1S/C7H17ClO6P2/c8-6-4-2-1-3-5-7(15(9,10)11)16(12,13)14/h7H,1-6H2,(H2,9,10,11)(H2,12,13,14). The van der Waals surface area contributed by atoms with Crippen LogP contribution in [0, 0.1) is 0 Å². The van der Waals surface area contributed by atoms with Crippen molar-refractivity contribution in [2.24, 2.45) is 0 Å². The van der Waals surface area contributed by atoms with E-state index in [-0.39, 0.29) is 6.42 Å². The predicted molar refractivity (Wildman–Crippen MR) is 61.7 cm³/mol. The molecule has 0 aliphatic heterocycles. The quantitative estimate of drug-likeness (QED) is 0.308. The Morgan fingerprint density at radius 2 is 1.31 bits per heavy atom. The summed E-state index contributed by atoms with van der Waals surface area (Å²) < 4.78 is 21.8. The van der Waals surface area contributed by atoms with Gasteiger partial charge in [0.25, 0.3) is 0 Å².